The lowest BCUT2D eigenvalue weighted by atomic mass is 10.0. The van der Waals surface area contributed by atoms with Crippen LogP contribution in [0.3, 0.4) is 0 Å². The van der Waals surface area contributed by atoms with Crippen LogP contribution < -0.4 is 10.5 Å². The molecule has 3 rings (SSSR count). The van der Waals surface area contributed by atoms with E-state index in [4.69, 9.17) is 15.2 Å². The number of nitrogen functional groups attached to an aromatic ring is 1. The molecule has 9 heteroatoms. The first-order valence-corrected chi connectivity index (χ1v) is 6.49. The van der Waals surface area contributed by atoms with E-state index < -0.39 is 17.9 Å². The van der Waals surface area contributed by atoms with Crippen LogP contribution in [0.1, 0.15) is 19.6 Å². The van der Waals surface area contributed by atoms with Gasteiger partial charge in [0.15, 0.2) is 17.4 Å². The highest BCUT2D eigenvalue weighted by molar-refractivity contribution is 5.77. The van der Waals surface area contributed by atoms with Gasteiger partial charge in [0.25, 0.3) is 0 Å². The van der Waals surface area contributed by atoms with Crippen LogP contribution in [0.4, 0.5) is 5.95 Å². The van der Waals surface area contributed by atoms with Gasteiger partial charge in [-0.25, -0.2) is 4.98 Å². The Hall–Kier alpha value is -1.97. The summed E-state index contributed by atoms with van der Waals surface area (Å²) in [5.74, 6) is 0.296. The molecule has 0 amide bonds. The molecule has 2 aromatic rings. The van der Waals surface area contributed by atoms with Crippen molar-refractivity contribution in [2.24, 2.45) is 0 Å². The van der Waals surface area contributed by atoms with Gasteiger partial charge in [-0.1, -0.05) is 0 Å². The molecule has 0 saturated carbocycles. The van der Waals surface area contributed by atoms with Gasteiger partial charge in [0.2, 0.25) is 11.8 Å². The van der Waals surface area contributed by atoms with Crippen molar-refractivity contribution in [3.8, 4) is 5.88 Å². The Balaban J connectivity index is 2.11. The Kier molecular flexibility index (Phi) is 3.19. The van der Waals surface area contributed by atoms with Crippen LogP contribution in [0.25, 0.3) is 11.2 Å². The standard InChI is InChI=1S/C12H17N5O4/c1-12(19)3-6(4-18)21-10(12)17-5-14-7-8(17)15-11(13)16-9(7)20-2/h5-6,10,18-19H,3-4H2,1-2H3,(H2,13,15,16)/t6-,10+,12?/m0/s1. The number of ether oxygens (including phenoxy) is 2. The maximum Gasteiger partial charge on any atom is 0.246 e. The zero-order valence-corrected chi connectivity index (χ0v) is 11.7. The molecule has 3 atom stereocenters. The third-order valence-electron chi connectivity index (χ3n) is 3.55. The summed E-state index contributed by atoms with van der Waals surface area (Å²) in [7, 11) is 1.46. The number of nitrogens with zero attached hydrogens (tertiary/aromatic N) is 4. The third kappa shape index (κ3) is 2.19. The number of imidazole rings is 1. The third-order valence-corrected chi connectivity index (χ3v) is 3.55. The molecule has 4 N–H and O–H groups in total. The molecule has 2 aromatic heterocycles. The Morgan fingerprint density at radius 2 is 2.33 bits per heavy atom. The summed E-state index contributed by atoms with van der Waals surface area (Å²) in [4.78, 5) is 12.3. The van der Waals surface area contributed by atoms with Crippen molar-refractivity contribution in [2.75, 3.05) is 19.5 Å². The second-order valence-corrected chi connectivity index (χ2v) is 5.27. The van der Waals surface area contributed by atoms with E-state index in [9.17, 15) is 10.2 Å². The zero-order chi connectivity index (χ0) is 15.2. The van der Waals surface area contributed by atoms with E-state index in [1.165, 1.54) is 13.4 Å². The number of aliphatic hydroxyl groups excluding tert-OH is 1. The molecule has 9 nitrogen and oxygen atoms in total. The molecule has 0 radical (unpaired) electrons. The van der Waals surface area contributed by atoms with Crippen molar-refractivity contribution in [1.82, 2.24) is 19.5 Å². The van der Waals surface area contributed by atoms with E-state index in [1.54, 1.807) is 11.5 Å². The van der Waals surface area contributed by atoms with Crippen LogP contribution in [0.5, 0.6) is 5.88 Å². The smallest absolute Gasteiger partial charge is 0.246 e. The van der Waals surface area contributed by atoms with Gasteiger partial charge in [-0.2, -0.15) is 9.97 Å². The van der Waals surface area contributed by atoms with Gasteiger partial charge < -0.3 is 25.4 Å². The number of hydrogen-bond acceptors (Lipinski definition) is 8. The molecule has 0 aromatic carbocycles. The fourth-order valence-corrected chi connectivity index (χ4v) is 2.63. The molecule has 3 heterocycles. The van der Waals surface area contributed by atoms with Crippen molar-refractivity contribution in [2.45, 2.75) is 31.3 Å². The zero-order valence-electron chi connectivity index (χ0n) is 11.7. The summed E-state index contributed by atoms with van der Waals surface area (Å²) in [6.45, 7) is 1.47. The van der Waals surface area contributed by atoms with Crippen molar-refractivity contribution >= 4 is 17.1 Å². The maximum absolute atomic E-state index is 10.5. The van der Waals surface area contributed by atoms with Crippen LogP contribution in [0.2, 0.25) is 0 Å². The number of hydrogen-bond donors (Lipinski definition) is 3. The number of aromatic nitrogens is 4. The molecule has 1 unspecified atom stereocenters. The Morgan fingerprint density at radius 1 is 1.57 bits per heavy atom. The number of methoxy groups -OCH3 is 1. The molecule has 21 heavy (non-hydrogen) atoms. The number of aliphatic hydroxyl groups is 2. The monoisotopic (exact) mass is 295 g/mol. The molecular weight excluding hydrogens is 278 g/mol. The van der Waals surface area contributed by atoms with E-state index >= 15 is 0 Å². The van der Waals surface area contributed by atoms with Crippen molar-refractivity contribution in [3.63, 3.8) is 0 Å². The first-order chi connectivity index (χ1) is 9.96. The number of nitrogens with two attached hydrogens (primary N) is 1. The van der Waals surface area contributed by atoms with Gasteiger partial charge in [0, 0.05) is 6.42 Å². The Labute approximate surface area is 120 Å². The first kappa shape index (κ1) is 14.0. The Morgan fingerprint density at radius 3 is 2.95 bits per heavy atom. The highest BCUT2D eigenvalue weighted by atomic mass is 16.5. The van der Waals surface area contributed by atoms with Crippen LogP contribution in [0.15, 0.2) is 6.33 Å². The number of anilines is 1. The molecule has 0 bridgehead atoms. The van der Waals surface area contributed by atoms with E-state index in [1.807, 2.05) is 0 Å². The minimum Gasteiger partial charge on any atom is -0.479 e. The summed E-state index contributed by atoms with van der Waals surface area (Å²) in [5, 5.41) is 19.7. The minimum atomic E-state index is -1.16. The van der Waals surface area contributed by atoms with Crippen LogP contribution >= 0.6 is 0 Å². The van der Waals surface area contributed by atoms with Gasteiger partial charge in [0.1, 0.15) is 5.60 Å². The topological polar surface area (TPSA) is 129 Å². The van der Waals surface area contributed by atoms with Crippen molar-refractivity contribution < 1.29 is 19.7 Å². The number of rotatable bonds is 3. The molecule has 1 fully saturated rings. The lowest BCUT2D eigenvalue weighted by molar-refractivity contribution is -0.0854. The van der Waals surface area contributed by atoms with Crippen LogP contribution in [-0.4, -0.2) is 55.2 Å². The van der Waals surface area contributed by atoms with Crippen molar-refractivity contribution in [1.29, 1.82) is 0 Å². The van der Waals surface area contributed by atoms with E-state index in [-0.39, 0.29) is 18.4 Å². The quantitative estimate of drug-likeness (QED) is 0.688. The molecule has 0 spiro atoms. The molecule has 1 saturated heterocycles. The highest BCUT2D eigenvalue weighted by Gasteiger charge is 2.45. The summed E-state index contributed by atoms with van der Waals surface area (Å²) >= 11 is 0. The van der Waals surface area contributed by atoms with Gasteiger partial charge >= 0.3 is 0 Å². The first-order valence-electron chi connectivity index (χ1n) is 6.49. The Bertz CT molecular complexity index is 671. The predicted molar refractivity (Wildman–Crippen MR) is 72.5 cm³/mol. The lowest BCUT2D eigenvalue weighted by Crippen LogP contribution is -2.31. The minimum absolute atomic E-state index is 0.0393. The van der Waals surface area contributed by atoms with Gasteiger partial charge in [-0.05, 0) is 6.92 Å². The van der Waals surface area contributed by atoms with E-state index in [2.05, 4.69) is 15.0 Å². The molecule has 1 aliphatic rings. The largest absolute Gasteiger partial charge is 0.479 e. The van der Waals surface area contributed by atoms with Gasteiger partial charge in [-0.15, -0.1) is 0 Å². The summed E-state index contributed by atoms with van der Waals surface area (Å²) in [6, 6.07) is 0. The fraction of sp³-hybridized carbons (Fsp3) is 0.583. The highest BCUT2D eigenvalue weighted by Crippen LogP contribution is 2.39. The predicted octanol–water partition coefficient (Wildman–Crippen LogP) is -0.552. The van der Waals surface area contributed by atoms with E-state index in [0.717, 1.165) is 0 Å². The second kappa shape index (κ2) is 4.79. The lowest BCUT2D eigenvalue weighted by Gasteiger charge is -2.24. The molecular formula is C12H17N5O4. The average Bonchev–Trinajstić information content (AvgIpc) is 2.97. The van der Waals surface area contributed by atoms with Gasteiger partial charge in [0.05, 0.1) is 26.1 Å². The fourth-order valence-electron chi connectivity index (χ4n) is 2.63. The molecule has 0 aliphatic carbocycles. The molecule has 1 aliphatic heterocycles. The van der Waals surface area contributed by atoms with Gasteiger partial charge in [-0.3, -0.25) is 4.57 Å². The summed E-state index contributed by atoms with van der Waals surface area (Å²) < 4.78 is 12.4. The van der Waals surface area contributed by atoms with Crippen molar-refractivity contribution in [3.05, 3.63) is 6.33 Å². The van der Waals surface area contributed by atoms with Crippen LogP contribution in [-0.2, 0) is 4.74 Å². The van der Waals surface area contributed by atoms with Crippen LogP contribution in [0, 0.1) is 0 Å². The number of fused-ring (bicyclic) bond motifs is 1. The van der Waals surface area contributed by atoms with E-state index in [0.29, 0.717) is 17.6 Å². The molecule has 114 valence electrons. The summed E-state index contributed by atoms with van der Waals surface area (Å²) in [6.07, 6.45) is 0.633. The normalized spacial score (nSPS) is 29.1. The maximum atomic E-state index is 10.5. The second-order valence-electron chi connectivity index (χ2n) is 5.27. The SMILES string of the molecule is COc1nc(N)nc2c1ncn2[C@@H]1O[C@H](CO)CC1(C)O. The summed E-state index contributed by atoms with van der Waals surface area (Å²) in [5.41, 5.74) is 5.34. The average molecular weight is 295 g/mol.